The van der Waals surface area contributed by atoms with Gasteiger partial charge < -0.3 is 66.4 Å². The van der Waals surface area contributed by atoms with Gasteiger partial charge in [-0.05, 0) is 0 Å². The summed E-state index contributed by atoms with van der Waals surface area (Å²) in [5.41, 5.74) is 0. The van der Waals surface area contributed by atoms with Crippen molar-refractivity contribution in [3.05, 3.63) is 61.3 Å². The third kappa shape index (κ3) is 524. The summed E-state index contributed by atoms with van der Waals surface area (Å²) in [5.74, 6) is 0. The number of aliphatic hydroxyl groups excluding tert-OH is 1. The van der Waals surface area contributed by atoms with Gasteiger partial charge in [0.25, 0.3) is 0 Å². The molecule has 0 aliphatic rings. The van der Waals surface area contributed by atoms with Crippen LogP contribution >= 0.6 is 0 Å². The average Bonchev–Trinajstić information content (AvgIpc) is 2.01. The normalized spacial score (nSPS) is 5.37. The molecule has 0 aliphatic carbocycles. The van der Waals surface area contributed by atoms with Crippen LogP contribution in [0.3, 0.4) is 0 Å². The topological polar surface area (TPSA) is 285 Å². The summed E-state index contributed by atoms with van der Waals surface area (Å²) >= 11 is 0. The van der Waals surface area contributed by atoms with Gasteiger partial charge in [-0.1, -0.05) is 0 Å². The first-order valence-electron chi connectivity index (χ1n) is 2.64. The molecule has 0 aromatic carbocycles. The maximum Gasteiger partial charge on any atom is 4.00 e. The van der Waals surface area contributed by atoms with E-state index >= 15 is 0 Å². The van der Waals surface area contributed by atoms with Crippen LogP contribution in [0.2, 0.25) is 0 Å². The summed E-state index contributed by atoms with van der Waals surface area (Å²) in [6, 6.07) is 0. The fraction of sp³-hybridized carbons (Fsp3) is 1.00. The maximum atomic E-state index is 8.25. The Bertz CT molecular complexity index is 165. The molecular formula is CH4N4O13Zr. The Balaban J connectivity index is -0.0000000279. The molecule has 18 heteroatoms. The smallest absolute Gasteiger partial charge is 0.400 e. The van der Waals surface area contributed by atoms with Gasteiger partial charge in [-0.2, -0.15) is 0 Å². The predicted octanol–water partition coefficient (Wildman–Crippen LogP) is -1.35. The van der Waals surface area contributed by atoms with E-state index in [1.165, 1.54) is 0 Å². The van der Waals surface area contributed by atoms with Crippen molar-refractivity contribution in [3.8, 4) is 0 Å². The number of nitrogens with zero attached hydrogens (tertiary/aromatic N) is 4. The summed E-state index contributed by atoms with van der Waals surface area (Å²) < 4.78 is 0. The van der Waals surface area contributed by atoms with Gasteiger partial charge in [-0.3, -0.25) is 0 Å². The second-order valence-corrected chi connectivity index (χ2v) is 0.894. The largest absolute Gasteiger partial charge is 4.00 e. The van der Waals surface area contributed by atoms with E-state index in [1.54, 1.807) is 0 Å². The van der Waals surface area contributed by atoms with Crippen molar-refractivity contribution in [1.82, 2.24) is 0 Å². The van der Waals surface area contributed by atoms with Crippen molar-refractivity contribution in [2.24, 2.45) is 0 Å². The summed E-state index contributed by atoms with van der Waals surface area (Å²) in [5, 5.41) is 66.0. The van der Waals surface area contributed by atoms with Crippen LogP contribution in [0.5, 0.6) is 0 Å². The molecule has 17 nitrogen and oxygen atoms in total. The zero-order chi connectivity index (χ0) is 16.3. The van der Waals surface area contributed by atoms with E-state index < -0.39 is 20.3 Å². The Morgan fingerprint density at radius 1 is 0.526 bits per heavy atom. The van der Waals surface area contributed by atoms with Crippen LogP contribution in [-0.4, -0.2) is 32.6 Å². The van der Waals surface area contributed by atoms with Crippen LogP contribution in [0.25, 0.3) is 0 Å². The molecule has 0 bridgehead atoms. The average molecular weight is 371 g/mol. The van der Waals surface area contributed by atoms with Gasteiger partial charge in [0.05, 0.1) is 20.3 Å². The van der Waals surface area contributed by atoms with E-state index in [0.29, 0.717) is 0 Å². The van der Waals surface area contributed by atoms with Crippen LogP contribution in [0.1, 0.15) is 0 Å². The molecular weight excluding hydrogens is 367 g/mol. The van der Waals surface area contributed by atoms with E-state index in [4.69, 9.17) is 66.4 Å². The van der Waals surface area contributed by atoms with Gasteiger partial charge in [0.1, 0.15) is 0 Å². The monoisotopic (exact) mass is 370 g/mol. The molecule has 0 saturated heterocycles. The van der Waals surface area contributed by atoms with Gasteiger partial charge in [0.2, 0.25) is 0 Å². The molecule has 0 amide bonds. The van der Waals surface area contributed by atoms with Crippen LogP contribution in [0.4, 0.5) is 0 Å². The van der Waals surface area contributed by atoms with Gasteiger partial charge in [0.15, 0.2) is 0 Å². The Kier molecular flexibility index (Phi) is 68.3. The SMILES string of the molecule is CO.O=[N+]([O-])[O-].O=[N+]([O-])[O-].O=[N+]([O-])[O-].O=[N+]([O-])[O-].[Zr+4]. The van der Waals surface area contributed by atoms with E-state index in [2.05, 4.69) is 0 Å². The fourth-order valence-corrected chi connectivity index (χ4v) is 0. The van der Waals surface area contributed by atoms with Gasteiger partial charge in [-0.25, -0.2) is 0 Å². The molecule has 0 unspecified atom stereocenters. The maximum absolute atomic E-state index is 8.25. The Morgan fingerprint density at radius 2 is 0.526 bits per heavy atom. The Morgan fingerprint density at radius 3 is 0.526 bits per heavy atom. The van der Waals surface area contributed by atoms with Gasteiger partial charge in [-0.15, -0.1) is 0 Å². The van der Waals surface area contributed by atoms with Crippen molar-refractivity contribution in [1.29, 1.82) is 0 Å². The van der Waals surface area contributed by atoms with Crippen molar-refractivity contribution in [3.63, 3.8) is 0 Å². The molecule has 0 fully saturated rings. The van der Waals surface area contributed by atoms with Gasteiger partial charge in [0, 0.05) is 7.11 Å². The molecule has 0 radical (unpaired) electrons. The first kappa shape index (κ1) is 36.0. The molecule has 110 valence electrons. The Labute approximate surface area is 120 Å². The molecule has 0 heterocycles. The third-order valence-electron chi connectivity index (χ3n) is 0. The minimum absolute atomic E-state index is 0. The number of hydrogen-bond acceptors (Lipinski definition) is 13. The molecule has 0 aromatic heterocycles. The van der Waals surface area contributed by atoms with Crippen LogP contribution in [0, 0.1) is 61.3 Å². The number of hydrogen-bond donors (Lipinski definition) is 1. The van der Waals surface area contributed by atoms with Crippen LogP contribution in [-0.2, 0) is 26.2 Å². The van der Waals surface area contributed by atoms with Crippen molar-refractivity contribution >= 4 is 0 Å². The third-order valence-corrected chi connectivity index (χ3v) is 0. The standard InChI is InChI=1S/CH4O.4NO3.Zr/c1-2;4*2-1(3)4;/h2H,1H3;;;;;/q;4*-1;+4. The molecule has 0 aromatic rings. The quantitative estimate of drug-likeness (QED) is 0.380. The summed E-state index contributed by atoms with van der Waals surface area (Å²) in [6.07, 6.45) is 0. The van der Waals surface area contributed by atoms with E-state index in [0.717, 1.165) is 7.11 Å². The molecule has 0 saturated carbocycles. The summed E-state index contributed by atoms with van der Waals surface area (Å²) in [6.45, 7) is 0. The van der Waals surface area contributed by atoms with E-state index in [1.807, 2.05) is 0 Å². The van der Waals surface area contributed by atoms with Crippen LogP contribution in [0.15, 0.2) is 0 Å². The fourth-order valence-electron chi connectivity index (χ4n) is 0. The minimum atomic E-state index is -1.75. The molecule has 1 N–H and O–H groups in total. The molecule has 0 aliphatic heterocycles. The predicted molar refractivity (Wildman–Crippen MR) is 49.6 cm³/mol. The van der Waals surface area contributed by atoms with E-state index in [-0.39, 0.29) is 26.2 Å². The van der Waals surface area contributed by atoms with Gasteiger partial charge >= 0.3 is 26.2 Å². The summed E-state index contributed by atoms with van der Waals surface area (Å²) in [7, 11) is 1.00. The van der Waals surface area contributed by atoms with Crippen molar-refractivity contribution in [2.75, 3.05) is 7.11 Å². The first-order chi connectivity index (χ1) is 7.93. The molecule has 19 heavy (non-hydrogen) atoms. The number of rotatable bonds is 0. The molecule has 0 atom stereocenters. The number of aliphatic hydroxyl groups is 1. The Hall–Kier alpha value is -2.36. The second kappa shape index (κ2) is 36.1. The molecule has 0 rings (SSSR count). The summed E-state index contributed by atoms with van der Waals surface area (Å²) in [4.78, 5) is 33.0. The molecule has 0 spiro atoms. The van der Waals surface area contributed by atoms with E-state index in [9.17, 15) is 0 Å². The van der Waals surface area contributed by atoms with Crippen molar-refractivity contribution < 1.29 is 51.7 Å². The first-order valence-corrected chi connectivity index (χ1v) is 2.64. The zero-order valence-corrected chi connectivity index (χ0v) is 11.1. The zero-order valence-electron chi connectivity index (χ0n) is 8.64. The van der Waals surface area contributed by atoms with Crippen molar-refractivity contribution in [2.45, 2.75) is 0 Å². The second-order valence-electron chi connectivity index (χ2n) is 0.894. The minimum Gasteiger partial charge on any atom is -0.400 e. The van der Waals surface area contributed by atoms with Crippen LogP contribution < -0.4 is 0 Å².